The number of hydrogen-bond donors (Lipinski definition) is 1. The van der Waals surface area contributed by atoms with E-state index in [0.29, 0.717) is 5.82 Å². The van der Waals surface area contributed by atoms with Gasteiger partial charge in [-0.25, -0.2) is 9.97 Å². The van der Waals surface area contributed by atoms with Crippen molar-refractivity contribution in [2.24, 2.45) is 0 Å². The van der Waals surface area contributed by atoms with Crippen molar-refractivity contribution in [3.63, 3.8) is 0 Å². The Hall–Kier alpha value is -3.12. The number of nitrogens with zero attached hydrogens (tertiary/aromatic N) is 4. The summed E-state index contributed by atoms with van der Waals surface area (Å²) in [7, 11) is 0. The molecular weight excluding hydrogens is 318 g/mol. The molecule has 0 saturated carbocycles. The van der Waals surface area contributed by atoms with Gasteiger partial charge in [-0.3, -0.25) is 10.1 Å². The van der Waals surface area contributed by atoms with E-state index in [4.69, 9.17) is 9.97 Å². The highest BCUT2D eigenvalue weighted by atomic mass is 32.1. The van der Waals surface area contributed by atoms with Crippen molar-refractivity contribution >= 4 is 32.5 Å². The van der Waals surface area contributed by atoms with Crippen molar-refractivity contribution in [2.45, 2.75) is 0 Å². The highest BCUT2D eigenvalue weighted by Crippen LogP contribution is 2.33. The molecule has 0 aliphatic heterocycles. The second-order valence-electron chi connectivity index (χ2n) is 5.40. The van der Waals surface area contributed by atoms with Crippen LogP contribution in [0, 0.1) is 0 Å². The van der Waals surface area contributed by atoms with Gasteiger partial charge in [-0.05, 0) is 29.6 Å². The van der Waals surface area contributed by atoms with E-state index in [1.54, 1.807) is 23.7 Å². The monoisotopic (exact) mass is 329 g/mol. The largest absolute Gasteiger partial charge is 0.278 e. The van der Waals surface area contributed by atoms with Crippen molar-refractivity contribution < 1.29 is 0 Å². The Bertz CT molecular complexity index is 1160. The van der Waals surface area contributed by atoms with Gasteiger partial charge < -0.3 is 0 Å². The van der Waals surface area contributed by atoms with E-state index < -0.39 is 0 Å². The lowest BCUT2D eigenvalue weighted by molar-refractivity contribution is 1.12. The normalized spacial score (nSPS) is 11.3. The molecule has 0 radical (unpaired) electrons. The topological polar surface area (TPSA) is 67.3 Å². The van der Waals surface area contributed by atoms with Crippen molar-refractivity contribution in [1.29, 1.82) is 0 Å². The zero-order valence-electron chi connectivity index (χ0n) is 12.5. The maximum absolute atomic E-state index is 4.87. The summed E-state index contributed by atoms with van der Waals surface area (Å²) in [6.45, 7) is 0. The van der Waals surface area contributed by atoms with Crippen molar-refractivity contribution in [3.8, 4) is 22.6 Å². The molecule has 0 saturated heterocycles. The summed E-state index contributed by atoms with van der Waals surface area (Å²) in [6.07, 6.45) is 5.39. The third kappa shape index (κ3) is 2.00. The molecule has 0 aliphatic rings. The molecule has 4 heterocycles. The van der Waals surface area contributed by atoms with Gasteiger partial charge in [-0.1, -0.05) is 12.1 Å². The van der Waals surface area contributed by atoms with Gasteiger partial charge in [0, 0.05) is 28.9 Å². The quantitative estimate of drug-likeness (QED) is 0.524. The van der Waals surface area contributed by atoms with Gasteiger partial charge in [0.1, 0.15) is 0 Å². The van der Waals surface area contributed by atoms with E-state index in [9.17, 15) is 0 Å². The van der Waals surface area contributed by atoms with Crippen LogP contribution in [0.4, 0.5) is 0 Å². The highest BCUT2D eigenvalue weighted by Gasteiger charge is 2.14. The molecule has 1 N–H and O–H groups in total. The minimum atomic E-state index is 0.708. The summed E-state index contributed by atoms with van der Waals surface area (Å²) in [5.41, 5.74) is 4.89. The average Bonchev–Trinajstić information content (AvgIpc) is 3.30. The third-order valence-electron chi connectivity index (χ3n) is 3.98. The molecular formula is C18H11N5S. The molecule has 0 fully saturated rings. The molecule has 0 aliphatic carbocycles. The number of aromatic amines is 1. The maximum Gasteiger partial charge on any atom is 0.161 e. The zero-order valence-corrected chi connectivity index (χ0v) is 13.3. The summed E-state index contributed by atoms with van der Waals surface area (Å²) in [5, 5.41) is 10.2. The molecule has 24 heavy (non-hydrogen) atoms. The first-order chi connectivity index (χ1) is 11.9. The summed E-state index contributed by atoms with van der Waals surface area (Å²) in [4.78, 5) is 13.7. The Labute approximate surface area is 141 Å². The molecule has 0 spiro atoms. The summed E-state index contributed by atoms with van der Waals surface area (Å²) >= 11 is 1.65. The predicted octanol–water partition coefficient (Wildman–Crippen LogP) is 4.30. The van der Waals surface area contributed by atoms with Gasteiger partial charge in [0.25, 0.3) is 0 Å². The number of fused-ring (bicyclic) bond motifs is 2. The van der Waals surface area contributed by atoms with Crippen molar-refractivity contribution in [3.05, 3.63) is 60.4 Å². The number of aromatic nitrogens is 5. The SMILES string of the molecule is c1cc(-c2nc(-c3ccncc3)c3sccc3n2)c2cn[nH]c2c1. The predicted molar refractivity (Wildman–Crippen MR) is 95.7 cm³/mol. The van der Waals surface area contributed by atoms with Crippen LogP contribution in [0.25, 0.3) is 43.8 Å². The van der Waals surface area contributed by atoms with E-state index in [1.807, 2.05) is 48.0 Å². The first-order valence-corrected chi connectivity index (χ1v) is 8.36. The van der Waals surface area contributed by atoms with Crippen LogP contribution in [0.5, 0.6) is 0 Å². The fourth-order valence-corrected chi connectivity index (χ4v) is 3.70. The summed E-state index contributed by atoms with van der Waals surface area (Å²) in [6, 6.07) is 12.0. The number of nitrogens with one attached hydrogen (secondary N) is 1. The first-order valence-electron chi connectivity index (χ1n) is 7.48. The third-order valence-corrected chi connectivity index (χ3v) is 4.89. The number of thiophene rings is 1. The Kier molecular flexibility index (Phi) is 2.89. The van der Waals surface area contributed by atoms with Crippen LogP contribution >= 0.6 is 11.3 Å². The minimum Gasteiger partial charge on any atom is -0.278 e. The highest BCUT2D eigenvalue weighted by molar-refractivity contribution is 7.17. The second kappa shape index (κ2) is 5.21. The Morgan fingerprint density at radius 1 is 0.958 bits per heavy atom. The van der Waals surface area contributed by atoms with E-state index in [1.165, 1.54) is 0 Å². The molecule has 0 unspecified atom stereocenters. The number of benzene rings is 1. The smallest absolute Gasteiger partial charge is 0.161 e. The lowest BCUT2D eigenvalue weighted by Crippen LogP contribution is -1.93. The van der Waals surface area contributed by atoms with Crippen molar-refractivity contribution in [1.82, 2.24) is 25.1 Å². The first kappa shape index (κ1) is 13.3. The molecule has 4 aromatic heterocycles. The second-order valence-corrected chi connectivity index (χ2v) is 6.32. The lowest BCUT2D eigenvalue weighted by Gasteiger charge is -2.07. The number of rotatable bonds is 2. The molecule has 6 heteroatoms. The van der Waals surface area contributed by atoms with E-state index >= 15 is 0 Å². The maximum atomic E-state index is 4.87. The van der Waals surface area contributed by atoms with Gasteiger partial charge >= 0.3 is 0 Å². The molecule has 5 nitrogen and oxygen atoms in total. The standard InChI is InChI=1S/C18H11N5S/c1-2-12(13-10-20-23-14(13)3-1)18-21-15-6-9-24-17(15)16(22-18)11-4-7-19-8-5-11/h1-10H,(H,20,23). The van der Waals surface area contributed by atoms with Crippen LogP contribution in [-0.2, 0) is 0 Å². The number of H-pyrrole nitrogens is 1. The fraction of sp³-hybridized carbons (Fsp3) is 0. The molecule has 114 valence electrons. The Morgan fingerprint density at radius 2 is 1.88 bits per heavy atom. The molecule has 5 rings (SSSR count). The minimum absolute atomic E-state index is 0.708. The van der Waals surface area contributed by atoms with Gasteiger partial charge in [0.05, 0.1) is 27.6 Å². The Balaban J connectivity index is 1.83. The average molecular weight is 329 g/mol. The van der Waals surface area contributed by atoms with Crippen LogP contribution < -0.4 is 0 Å². The molecule has 1 aromatic carbocycles. The van der Waals surface area contributed by atoms with E-state index in [2.05, 4.69) is 15.2 Å². The lowest BCUT2D eigenvalue weighted by atomic mass is 10.1. The van der Waals surface area contributed by atoms with Gasteiger partial charge in [0.15, 0.2) is 5.82 Å². The zero-order chi connectivity index (χ0) is 15.9. The van der Waals surface area contributed by atoms with Gasteiger partial charge in [-0.15, -0.1) is 11.3 Å². The van der Waals surface area contributed by atoms with Gasteiger partial charge in [-0.2, -0.15) is 5.10 Å². The molecule has 0 bridgehead atoms. The van der Waals surface area contributed by atoms with Crippen LogP contribution in [0.1, 0.15) is 0 Å². The fourth-order valence-electron chi connectivity index (χ4n) is 2.85. The number of hydrogen-bond acceptors (Lipinski definition) is 5. The molecule has 0 atom stereocenters. The van der Waals surface area contributed by atoms with E-state index in [-0.39, 0.29) is 0 Å². The van der Waals surface area contributed by atoms with Crippen molar-refractivity contribution in [2.75, 3.05) is 0 Å². The molecule has 5 aromatic rings. The Morgan fingerprint density at radius 3 is 2.79 bits per heavy atom. The molecule has 0 amide bonds. The number of pyridine rings is 1. The van der Waals surface area contributed by atoms with Crippen LogP contribution in [-0.4, -0.2) is 25.1 Å². The van der Waals surface area contributed by atoms with Crippen LogP contribution in [0.3, 0.4) is 0 Å². The van der Waals surface area contributed by atoms with Crippen LogP contribution in [0.2, 0.25) is 0 Å². The van der Waals surface area contributed by atoms with Crippen LogP contribution in [0.15, 0.2) is 60.4 Å². The van der Waals surface area contributed by atoms with E-state index in [0.717, 1.165) is 37.9 Å². The van der Waals surface area contributed by atoms with Gasteiger partial charge in [0.2, 0.25) is 0 Å². The summed E-state index contributed by atoms with van der Waals surface area (Å²) < 4.78 is 1.09. The summed E-state index contributed by atoms with van der Waals surface area (Å²) in [5.74, 6) is 0.708.